The van der Waals surface area contributed by atoms with Crippen molar-refractivity contribution in [3.8, 4) is 11.1 Å². The Balaban J connectivity index is 1.52. The second-order valence-corrected chi connectivity index (χ2v) is 9.56. The Hall–Kier alpha value is -2.71. The van der Waals surface area contributed by atoms with E-state index in [0.717, 1.165) is 0 Å². The van der Waals surface area contributed by atoms with Crippen molar-refractivity contribution in [1.29, 1.82) is 0 Å². The molecule has 1 aliphatic heterocycles. The van der Waals surface area contributed by atoms with Crippen LogP contribution in [0.4, 0.5) is 0 Å². The van der Waals surface area contributed by atoms with E-state index < -0.39 is 0 Å². The van der Waals surface area contributed by atoms with Gasteiger partial charge in [-0.3, -0.25) is 0 Å². The Morgan fingerprint density at radius 3 is 2.45 bits per heavy atom. The minimum absolute atomic E-state index is 0.434. The summed E-state index contributed by atoms with van der Waals surface area (Å²) in [5.41, 5.74) is 6.74. The van der Waals surface area contributed by atoms with E-state index in [1.165, 1.54) is 43.4 Å². The van der Waals surface area contributed by atoms with Crippen molar-refractivity contribution in [3.63, 3.8) is 0 Å². The topological polar surface area (TPSA) is 4.93 Å². The van der Waals surface area contributed by atoms with Crippen LogP contribution in [-0.4, -0.2) is 9.82 Å². The molecule has 0 spiro atoms. The Bertz CT molecular complexity index is 1320. The number of allylic oxidation sites excluding steroid dienone is 3. The number of nitrogens with zero attached hydrogens (tertiary/aromatic N) is 1. The van der Waals surface area contributed by atoms with Crippen LogP contribution < -0.4 is 0 Å². The van der Waals surface area contributed by atoms with Crippen LogP contribution in [0.2, 0.25) is 0 Å². The number of hydrogen-bond acceptors (Lipinski definition) is 1. The van der Waals surface area contributed by atoms with Gasteiger partial charge in [-0.15, -0.1) is 11.8 Å². The number of para-hydroxylation sites is 1. The summed E-state index contributed by atoms with van der Waals surface area (Å²) in [6, 6.07) is 23.2. The number of fused-ring (bicyclic) bond motifs is 6. The van der Waals surface area contributed by atoms with Crippen LogP contribution in [0.3, 0.4) is 0 Å². The molecule has 3 aromatic carbocycles. The summed E-state index contributed by atoms with van der Waals surface area (Å²) in [6.45, 7) is 4.53. The zero-order valence-electron chi connectivity index (χ0n) is 16.7. The highest BCUT2D eigenvalue weighted by Gasteiger charge is 2.31. The van der Waals surface area contributed by atoms with Gasteiger partial charge in [0.1, 0.15) is 0 Å². The Morgan fingerprint density at radius 1 is 0.793 bits per heavy atom. The fourth-order valence-electron chi connectivity index (χ4n) is 4.96. The van der Waals surface area contributed by atoms with E-state index in [2.05, 4.69) is 103 Å². The largest absolute Gasteiger partial charge is 0.338 e. The summed E-state index contributed by atoms with van der Waals surface area (Å²) in [4.78, 5) is 1.43. The maximum atomic E-state index is 2.46. The van der Waals surface area contributed by atoms with Gasteiger partial charge in [0.15, 0.2) is 0 Å². The van der Waals surface area contributed by atoms with Gasteiger partial charge >= 0.3 is 0 Å². The van der Waals surface area contributed by atoms with Crippen LogP contribution in [0.5, 0.6) is 0 Å². The standard InChI is InChI=1S/C27H23NS/c1-17(2)28-24-9-5-3-7-20(24)22-15-18(11-13-25(22)28)19-12-14-27-23(16-19)21-8-4-6-10-26(21)29-27/h3-17,21,26H,1-2H3. The van der Waals surface area contributed by atoms with Crippen LogP contribution in [0, 0.1) is 0 Å². The molecule has 142 valence electrons. The van der Waals surface area contributed by atoms with Crippen molar-refractivity contribution < 1.29 is 0 Å². The van der Waals surface area contributed by atoms with Crippen molar-refractivity contribution >= 4 is 33.6 Å². The fourth-order valence-corrected chi connectivity index (χ4v) is 6.29. The molecular weight excluding hydrogens is 370 g/mol. The zero-order valence-corrected chi connectivity index (χ0v) is 17.5. The number of rotatable bonds is 2. The lowest BCUT2D eigenvalue weighted by Gasteiger charge is -2.15. The molecule has 0 N–H and O–H groups in total. The predicted molar refractivity (Wildman–Crippen MR) is 126 cm³/mol. The van der Waals surface area contributed by atoms with Crippen molar-refractivity contribution in [3.05, 3.63) is 90.5 Å². The molecule has 1 aromatic heterocycles. The average molecular weight is 394 g/mol. The fraction of sp³-hybridized carbons (Fsp3) is 0.185. The summed E-state index contributed by atoms with van der Waals surface area (Å²) in [6.07, 6.45) is 9.06. The molecule has 4 aromatic rings. The van der Waals surface area contributed by atoms with E-state index in [1.807, 2.05) is 11.8 Å². The predicted octanol–water partition coefficient (Wildman–Crippen LogP) is 7.73. The van der Waals surface area contributed by atoms with E-state index in [9.17, 15) is 0 Å². The first-order valence-electron chi connectivity index (χ1n) is 10.4. The first kappa shape index (κ1) is 17.2. The van der Waals surface area contributed by atoms with Crippen molar-refractivity contribution in [2.75, 3.05) is 0 Å². The van der Waals surface area contributed by atoms with Gasteiger partial charge in [-0.1, -0.05) is 54.6 Å². The average Bonchev–Trinajstić information content (AvgIpc) is 3.28. The molecule has 2 aliphatic rings. The van der Waals surface area contributed by atoms with Crippen molar-refractivity contribution in [2.45, 2.75) is 36.0 Å². The lowest BCUT2D eigenvalue weighted by atomic mass is 9.90. The first-order valence-corrected chi connectivity index (χ1v) is 11.3. The van der Waals surface area contributed by atoms with E-state index >= 15 is 0 Å². The molecule has 6 rings (SSSR count). The molecule has 1 nitrogen and oxygen atoms in total. The number of aromatic nitrogens is 1. The van der Waals surface area contributed by atoms with E-state index in [1.54, 1.807) is 0 Å². The molecular formula is C27H23NS. The Kier molecular flexibility index (Phi) is 3.79. The Morgan fingerprint density at radius 2 is 1.55 bits per heavy atom. The van der Waals surface area contributed by atoms with Crippen molar-refractivity contribution in [1.82, 2.24) is 4.57 Å². The third-order valence-corrected chi connectivity index (χ3v) is 7.62. The highest BCUT2D eigenvalue weighted by Crippen LogP contribution is 2.49. The minimum Gasteiger partial charge on any atom is -0.338 e. The lowest BCUT2D eigenvalue weighted by molar-refractivity contribution is 0.642. The zero-order chi connectivity index (χ0) is 19.5. The summed E-state index contributed by atoms with van der Waals surface area (Å²) in [5, 5.41) is 3.24. The first-order chi connectivity index (χ1) is 14.2. The van der Waals surface area contributed by atoms with Gasteiger partial charge in [0.2, 0.25) is 0 Å². The molecule has 0 bridgehead atoms. The van der Waals surface area contributed by atoms with E-state index in [0.29, 0.717) is 17.2 Å². The molecule has 0 saturated carbocycles. The van der Waals surface area contributed by atoms with Gasteiger partial charge in [-0.25, -0.2) is 0 Å². The molecule has 0 saturated heterocycles. The van der Waals surface area contributed by atoms with Gasteiger partial charge in [0.05, 0.1) is 0 Å². The molecule has 2 unspecified atom stereocenters. The minimum atomic E-state index is 0.434. The molecule has 0 fully saturated rings. The van der Waals surface area contributed by atoms with Crippen LogP contribution in [0.25, 0.3) is 32.9 Å². The van der Waals surface area contributed by atoms with Crippen LogP contribution >= 0.6 is 11.8 Å². The van der Waals surface area contributed by atoms with Gasteiger partial charge < -0.3 is 4.57 Å². The maximum absolute atomic E-state index is 2.46. The number of benzene rings is 3. The third kappa shape index (κ3) is 2.55. The second kappa shape index (κ2) is 6.40. The molecule has 2 atom stereocenters. The van der Waals surface area contributed by atoms with E-state index in [-0.39, 0.29) is 0 Å². The molecule has 29 heavy (non-hydrogen) atoms. The lowest BCUT2D eigenvalue weighted by Crippen LogP contribution is -2.06. The van der Waals surface area contributed by atoms with Gasteiger partial charge in [-0.05, 0) is 60.9 Å². The molecule has 1 aliphatic carbocycles. The molecule has 0 radical (unpaired) electrons. The highest BCUT2D eigenvalue weighted by atomic mass is 32.2. The molecule has 2 heteroatoms. The van der Waals surface area contributed by atoms with Crippen LogP contribution in [0.15, 0.2) is 89.9 Å². The van der Waals surface area contributed by atoms with Crippen LogP contribution in [0.1, 0.15) is 31.4 Å². The van der Waals surface area contributed by atoms with Gasteiger partial charge in [-0.2, -0.15) is 0 Å². The van der Waals surface area contributed by atoms with Gasteiger partial charge in [0.25, 0.3) is 0 Å². The summed E-state index contributed by atoms with van der Waals surface area (Å²) < 4.78 is 2.46. The smallest absolute Gasteiger partial charge is 0.0494 e. The van der Waals surface area contributed by atoms with Crippen LogP contribution in [-0.2, 0) is 0 Å². The third-order valence-electron chi connectivity index (χ3n) is 6.28. The molecule has 2 heterocycles. The summed E-state index contributed by atoms with van der Waals surface area (Å²) in [7, 11) is 0. The van der Waals surface area contributed by atoms with Crippen molar-refractivity contribution in [2.24, 2.45) is 0 Å². The normalized spacial score (nSPS) is 20.0. The monoisotopic (exact) mass is 393 g/mol. The Labute approximate surface area is 175 Å². The quantitative estimate of drug-likeness (QED) is 0.337. The second-order valence-electron chi connectivity index (χ2n) is 8.34. The highest BCUT2D eigenvalue weighted by molar-refractivity contribution is 8.00. The van der Waals surface area contributed by atoms with E-state index in [4.69, 9.17) is 0 Å². The maximum Gasteiger partial charge on any atom is 0.0494 e. The number of thioether (sulfide) groups is 1. The summed E-state index contributed by atoms with van der Waals surface area (Å²) >= 11 is 1.99. The number of hydrogen-bond donors (Lipinski definition) is 0. The summed E-state index contributed by atoms with van der Waals surface area (Å²) in [5.74, 6) is 0.506. The molecule has 0 amide bonds. The van der Waals surface area contributed by atoms with Gasteiger partial charge in [0, 0.05) is 43.9 Å². The SMILES string of the molecule is CC(C)n1c2ccccc2c2cc(-c3ccc4c(c3)C3C=CC=CC3S4)ccc21.